The Kier molecular flexibility index (Phi) is 13.1. The Morgan fingerprint density at radius 3 is 2.37 bits per heavy atom. The number of fused-ring (bicyclic) bond motifs is 7. The molecule has 0 aromatic carbocycles. The molecule has 1 saturated heterocycles. The second-order valence-electron chi connectivity index (χ2n) is 15.5. The van der Waals surface area contributed by atoms with Crippen LogP contribution in [0.1, 0.15) is 112 Å². The number of aliphatic hydroxyl groups is 1. The first kappa shape index (κ1) is 34.7. The van der Waals surface area contributed by atoms with Crippen molar-refractivity contribution in [2.45, 2.75) is 130 Å². The van der Waals surface area contributed by atoms with Gasteiger partial charge < -0.3 is 20.9 Å². The van der Waals surface area contributed by atoms with Gasteiger partial charge in [0.2, 0.25) is 0 Å². The molecule has 0 aromatic rings. The zero-order valence-corrected chi connectivity index (χ0v) is 30.0. The third-order valence-electron chi connectivity index (χ3n) is 13.3. The van der Waals surface area contributed by atoms with Crippen molar-refractivity contribution >= 4 is 31.0 Å². The standard InChI is InChI=1S/C30H55N3O.C4H8O.HIS/c1-6-19(2)18-33-28-20(3)27-26(34-28)17-25-23-9-8-21-16-22(32-15-7-14-31)10-12-29(21,4)24(23)11-13-30(25,27)5;5-3-4-1-2-4;1-2/h19-28,32-33H,6-18,31H2,1-5H3;4-5H,1-3H2;2H/t19-,20?,21?,22?,23?,24?,25?,26?,27?,28?,29?,30?;;/m0../s1. The molecule has 6 fully saturated rings. The topological polar surface area (TPSA) is 79.5 Å². The van der Waals surface area contributed by atoms with Crippen molar-refractivity contribution in [2.75, 3.05) is 26.2 Å². The first-order valence-electron chi connectivity index (χ1n) is 17.3. The molecular formula is C34H64IN3O2S. The van der Waals surface area contributed by atoms with Gasteiger partial charge in [-0.3, -0.25) is 5.32 Å². The number of hydrogen-bond donors (Lipinski definition) is 5. The Hall–Kier alpha value is 0.880. The number of nitrogens with one attached hydrogen (secondary N) is 2. The molecule has 41 heavy (non-hydrogen) atoms. The molecule has 0 bridgehead atoms. The van der Waals surface area contributed by atoms with Crippen LogP contribution in [0.4, 0.5) is 0 Å². The summed E-state index contributed by atoms with van der Waals surface area (Å²) < 4.78 is 6.79. The Morgan fingerprint density at radius 1 is 1.00 bits per heavy atom. The van der Waals surface area contributed by atoms with Crippen molar-refractivity contribution in [3.05, 3.63) is 0 Å². The summed E-state index contributed by atoms with van der Waals surface area (Å²) in [5.74, 6) is 6.51. The van der Waals surface area contributed by atoms with Gasteiger partial charge in [-0.15, -0.1) is 9.80 Å². The van der Waals surface area contributed by atoms with Crippen LogP contribution in [0.15, 0.2) is 0 Å². The van der Waals surface area contributed by atoms with Crippen LogP contribution in [0.3, 0.4) is 0 Å². The molecule has 0 spiro atoms. The first-order chi connectivity index (χ1) is 19.7. The fraction of sp³-hybridized carbons (Fsp3) is 1.00. The van der Waals surface area contributed by atoms with Crippen molar-refractivity contribution in [2.24, 2.45) is 63.9 Å². The summed E-state index contributed by atoms with van der Waals surface area (Å²) in [5.41, 5.74) is 6.79. The van der Waals surface area contributed by atoms with E-state index >= 15 is 0 Å². The summed E-state index contributed by atoms with van der Waals surface area (Å²) in [6, 6.07) is 0.731. The number of ether oxygens (including phenoxy) is 1. The number of hydrogen-bond acceptors (Lipinski definition) is 6. The smallest absolute Gasteiger partial charge is 0.111 e. The Morgan fingerprint density at radius 2 is 1.73 bits per heavy atom. The number of aliphatic hydroxyl groups excluding tert-OH is 1. The second kappa shape index (κ2) is 15.4. The van der Waals surface area contributed by atoms with Gasteiger partial charge in [-0.2, -0.15) is 0 Å². The normalized spacial score (nSPS) is 45.1. The van der Waals surface area contributed by atoms with Gasteiger partial charge in [0, 0.05) is 25.1 Å². The van der Waals surface area contributed by atoms with E-state index in [4.69, 9.17) is 15.6 Å². The van der Waals surface area contributed by atoms with E-state index in [-0.39, 0.29) is 6.23 Å². The van der Waals surface area contributed by atoms with Gasteiger partial charge in [0.25, 0.3) is 0 Å². The van der Waals surface area contributed by atoms with E-state index in [0.717, 1.165) is 67.6 Å². The fourth-order valence-electron chi connectivity index (χ4n) is 10.5. The summed E-state index contributed by atoms with van der Waals surface area (Å²) in [5, 5.41) is 15.9. The van der Waals surface area contributed by atoms with Crippen LogP contribution in [0.5, 0.6) is 0 Å². The van der Waals surface area contributed by atoms with Crippen molar-refractivity contribution < 1.29 is 9.84 Å². The van der Waals surface area contributed by atoms with E-state index < -0.39 is 0 Å². The lowest BCUT2D eigenvalue weighted by Gasteiger charge is -2.61. The summed E-state index contributed by atoms with van der Waals surface area (Å²) in [4.78, 5) is 0. The molecule has 7 heteroatoms. The molecule has 1 heterocycles. The lowest BCUT2D eigenvalue weighted by molar-refractivity contribution is -0.119. The molecule has 6 aliphatic rings. The maximum atomic E-state index is 8.21. The van der Waals surface area contributed by atoms with Gasteiger partial charge in [-0.25, -0.2) is 0 Å². The van der Waals surface area contributed by atoms with Gasteiger partial charge in [0.15, 0.2) is 0 Å². The third kappa shape index (κ3) is 7.48. The van der Waals surface area contributed by atoms with Crippen LogP contribution in [0, 0.1) is 58.2 Å². The van der Waals surface area contributed by atoms with Crippen molar-refractivity contribution in [3.8, 4) is 0 Å². The number of thiol groups is 1. The minimum absolute atomic E-state index is 0.273. The zero-order chi connectivity index (χ0) is 29.8. The van der Waals surface area contributed by atoms with Gasteiger partial charge >= 0.3 is 0 Å². The molecule has 5 aliphatic carbocycles. The average Bonchev–Trinajstić information content (AvgIpc) is 3.71. The van der Waals surface area contributed by atoms with Gasteiger partial charge in [0.05, 0.1) is 6.10 Å². The number of rotatable bonds is 9. The number of nitrogens with two attached hydrogens (primary N) is 1. The molecule has 5 saturated carbocycles. The molecule has 11 unspecified atom stereocenters. The molecule has 0 aromatic heterocycles. The minimum Gasteiger partial charge on any atom is -0.396 e. The third-order valence-corrected chi connectivity index (χ3v) is 13.3. The van der Waals surface area contributed by atoms with Gasteiger partial charge in [0.1, 0.15) is 6.23 Å². The minimum atomic E-state index is 0.273. The Bertz CT molecular complexity index is 804. The quantitative estimate of drug-likeness (QED) is 0.0996. The highest BCUT2D eigenvalue weighted by molar-refractivity contribution is 14.2. The van der Waals surface area contributed by atoms with Crippen molar-refractivity contribution in [1.82, 2.24) is 10.6 Å². The summed E-state index contributed by atoms with van der Waals surface area (Å²) in [7, 11) is 3.50. The number of halogens is 1. The van der Waals surface area contributed by atoms with Crippen LogP contribution < -0.4 is 16.4 Å². The Balaban J connectivity index is 0.000000492. The summed E-state index contributed by atoms with van der Waals surface area (Å²) in [6.07, 6.45) is 17.0. The van der Waals surface area contributed by atoms with Crippen molar-refractivity contribution in [3.63, 3.8) is 0 Å². The molecule has 1 aliphatic heterocycles. The van der Waals surface area contributed by atoms with E-state index in [9.17, 15) is 0 Å². The highest BCUT2D eigenvalue weighted by atomic mass is 127. The first-order valence-corrected chi connectivity index (χ1v) is 20.6. The molecular weight excluding hydrogens is 641 g/mol. The molecule has 5 N–H and O–H groups in total. The van der Waals surface area contributed by atoms with E-state index in [0.29, 0.717) is 35.4 Å². The van der Waals surface area contributed by atoms with E-state index in [2.05, 4.69) is 55.1 Å². The zero-order valence-electron chi connectivity index (χ0n) is 26.9. The second-order valence-corrected chi connectivity index (χ2v) is 15.5. The molecule has 5 nitrogen and oxygen atoms in total. The van der Waals surface area contributed by atoms with Crippen LogP contribution in [0.2, 0.25) is 0 Å². The maximum Gasteiger partial charge on any atom is 0.111 e. The molecule has 0 radical (unpaired) electrons. The predicted octanol–water partition coefficient (Wildman–Crippen LogP) is 7.21. The lowest BCUT2D eigenvalue weighted by Crippen LogP contribution is -2.55. The van der Waals surface area contributed by atoms with Crippen LogP contribution in [0.25, 0.3) is 0 Å². The monoisotopic (exact) mass is 705 g/mol. The molecule has 6 rings (SSSR count). The summed E-state index contributed by atoms with van der Waals surface area (Å²) in [6.45, 7) is 16.0. The summed E-state index contributed by atoms with van der Waals surface area (Å²) >= 11 is 1.84. The highest BCUT2D eigenvalue weighted by Gasteiger charge is 2.65. The van der Waals surface area contributed by atoms with Crippen LogP contribution >= 0.6 is 31.0 Å². The van der Waals surface area contributed by atoms with E-state index in [1.54, 1.807) is 0 Å². The maximum absolute atomic E-state index is 8.21. The average molecular weight is 706 g/mol. The van der Waals surface area contributed by atoms with Crippen LogP contribution in [-0.4, -0.2) is 49.7 Å². The van der Waals surface area contributed by atoms with Crippen LogP contribution in [-0.2, 0) is 4.74 Å². The largest absolute Gasteiger partial charge is 0.396 e. The molecule has 12 atom stereocenters. The molecule has 0 amide bonds. The Labute approximate surface area is 270 Å². The molecule has 240 valence electrons. The van der Waals surface area contributed by atoms with E-state index in [1.807, 2.05) is 21.2 Å². The van der Waals surface area contributed by atoms with Gasteiger partial charge in [-0.05, 0) is 157 Å². The SMILES string of the molecule is CC[C@H](C)CNC1OC2CC3C4CCC5CC(NCCCN)CCC5(C)C4CCC3(C)C2C1C.OCC1CC1.SI. The van der Waals surface area contributed by atoms with Crippen molar-refractivity contribution in [1.29, 1.82) is 0 Å². The highest BCUT2D eigenvalue weighted by Crippen LogP contribution is 2.69. The van der Waals surface area contributed by atoms with Gasteiger partial charge in [-0.1, -0.05) is 41.0 Å². The van der Waals surface area contributed by atoms with E-state index in [1.165, 1.54) is 70.6 Å². The predicted molar refractivity (Wildman–Crippen MR) is 184 cm³/mol. The fourth-order valence-corrected chi connectivity index (χ4v) is 10.5. The lowest BCUT2D eigenvalue weighted by atomic mass is 9.44.